The summed E-state index contributed by atoms with van der Waals surface area (Å²) in [4.78, 5) is 14.1. The first-order valence-corrected chi connectivity index (χ1v) is 7.15. The molecule has 5 heteroatoms. The van der Waals surface area contributed by atoms with Crippen molar-refractivity contribution in [1.29, 1.82) is 0 Å². The Hall–Kier alpha value is -0.810. The van der Waals surface area contributed by atoms with E-state index in [4.69, 9.17) is 10.5 Å². The summed E-state index contributed by atoms with van der Waals surface area (Å²) in [7, 11) is 0. The summed E-state index contributed by atoms with van der Waals surface area (Å²) in [6.45, 7) is 4.38. The fraction of sp³-hybridized carbons (Fsp3) is 0.923. The zero-order valence-electron chi connectivity index (χ0n) is 11.2. The lowest BCUT2D eigenvalue weighted by molar-refractivity contribution is -0.0295. The average molecular weight is 255 g/mol. The van der Waals surface area contributed by atoms with Gasteiger partial charge in [-0.05, 0) is 26.2 Å². The molecular weight excluding hydrogens is 230 g/mol. The van der Waals surface area contributed by atoms with Gasteiger partial charge in [-0.15, -0.1) is 0 Å². The van der Waals surface area contributed by atoms with E-state index in [-0.39, 0.29) is 24.2 Å². The van der Waals surface area contributed by atoms with E-state index >= 15 is 0 Å². The Kier molecular flexibility index (Phi) is 4.83. The predicted molar refractivity (Wildman–Crippen MR) is 70.4 cm³/mol. The summed E-state index contributed by atoms with van der Waals surface area (Å²) in [6, 6.07) is 0.0555. The maximum atomic E-state index is 12.2. The van der Waals surface area contributed by atoms with Gasteiger partial charge in [-0.1, -0.05) is 12.8 Å². The highest BCUT2D eigenvalue weighted by Gasteiger charge is 2.40. The average Bonchev–Trinajstić information content (AvgIpc) is 2.64. The van der Waals surface area contributed by atoms with Crippen molar-refractivity contribution in [1.82, 2.24) is 10.2 Å². The number of ether oxygens (including phenoxy) is 1. The van der Waals surface area contributed by atoms with Gasteiger partial charge < -0.3 is 20.7 Å². The molecule has 5 nitrogen and oxygen atoms in total. The molecule has 2 fully saturated rings. The van der Waals surface area contributed by atoms with Gasteiger partial charge in [0, 0.05) is 25.7 Å². The lowest BCUT2D eigenvalue weighted by atomic mass is 9.83. The van der Waals surface area contributed by atoms with E-state index in [1.165, 1.54) is 12.8 Å². The molecule has 1 saturated heterocycles. The molecule has 2 amide bonds. The van der Waals surface area contributed by atoms with Crippen molar-refractivity contribution in [3.05, 3.63) is 0 Å². The normalized spacial score (nSPS) is 32.6. The standard InChI is InChI=1S/C13H25N3O2/c1-2-18-11-9-10(14)12(11)15-13(17)16-7-5-3-4-6-8-16/h10-12H,2-9,14H2,1H3,(H,15,17). The van der Waals surface area contributed by atoms with Gasteiger partial charge >= 0.3 is 6.03 Å². The van der Waals surface area contributed by atoms with E-state index in [0.29, 0.717) is 6.61 Å². The zero-order valence-corrected chi connectivity index (χ0v) is 11.2. The Balaban J connectivity index is 1.82. The van der Waals surface area contributed by atoms with Crippen LogP contribution in [0, 0.1) is 0 Å². The fourth-order valence-electron chi connectivity index (χ4n) is 2.73. The summed E-state index contributed by atoms with van der Waals surface area (Å²) in [5.41, 5.74) is 5.94. The number of urea groups is 1. The number of carbonyl (C=O) groups is 1. The molecule has 104 valence electrons. The number of nitrogens with two attached hydrogens (primary N) is 1. The van der Waals surface area contributed by atoms with E-state index in [2.05, 4.69) is 5.32 Å². The minimum absolute atomic E-state index is 0.0132. The summed E-state index contributed by atoms with van der Waals surface area (Å²) >= 11 is 0. The molecule has 3 N–H and O–H groups in total. The van der Waals surface area contributed by atoms with E-state index in [1.807, 2.05) is 11.8 Å². The summed E-state index contributed by atoms with van der Waals surface area (Å²) < 4.78 is 5.56. The first-order valence-electron chi connectivity index (χ1n) is 7.15. The van der Waals surface area contributed by atoms with Gasteiger partial charge in [0.2, 0.25) is 0 Å². The Morgan fingerprint density at radius 1 is 1.33 bits per heavy atom. The first kappa shape index (κ1) is 13.6. The SMILES string of the molecule is CCOC1CC(N)C1NC(=O)N1CCCCCC1. The smallest absolute Gasteiger partial charge is 0.317 e. The molecule has 1 aliphatic carbocycles. The highest BCUT2D eigenvalue weighted by atomic mass is 16.5. The van der Waals surface area contributed by atoms with Gasteiger partial charge in [-0.3, -0.25) is 0 Å². The highest BCUT2D eigenvalue weighted by molar-refractivity contribution is 5.74. The summed E-state index contributed by atoms with van der Waals surface area (Å²) in [5.74, 6) is 0. The Morgan fingerprint density at radius 3 is 2.56 bits per heavy atom. The molecule has 3 unspecified atom stereocenters. The Bertz CT molecular complexity index is 275. The Morgan fingerprint density at radius 2 is 2.00 bits per heavy atom. The second-order valence-electron chi connectivity index (χ2n) is 5.27. The third-order valence-corrected chi connectivity index (χ3v) is 3.93. The van der Waals surface area contributed by atoms with Crippen molar-refractivity contribution in [2.24, 2.45) is 5.73 Å². The van der Waals surface area contributed by atoms with Crippen LogP contribution in [0.5, 0.6) is 0 Å². The van der Waals surface area contributed by atoms with Crippen LogP contribution in [-0.4, -0.2) is 48.8 Å². The van der Waals surface area contributed by atoms with Crippen LogP contribution >= 0.6 is 0 Å². The van der Waals surface area contributed by atoms with Crippen LogP contribution in [0.3, 0.4) is 0 Å². The van der Waals surface area contributed by atoms with E-state index in [0.717, 1.165) is 32.4 Å². The van der Waals surface area contributed by atoms with Crippen molar-refractivity contribution in [2.75, 3.05) is 19.7 Å². The van der Waals surface area contributed by atoms with Crippen molar-refractivity contribution in [3.63, 3.8) is 0 Å². The number of likely N-dealkylation sites (tertiary alicyclic amines) is 1. The van der Waals surface area contributed by atoms with Crippen molar-refractivity contribution in [2.45, 2.75) is 57.2 Å². The fourth-order valence-corrected chi connectivity index (χ4v) is 2.73. The highest BCUT2D eigenvalue weighted by Crippen LogP contribution is 2.23. The topological polar surface area (TPSA) is 67.6 Å². The molecule has 0 radical (unpaired) electrons. The van der Waals surface area contributed by atoms with Crippen molar-refractivity contribution in [3.8, 4) is 0 Å². The van der Waals surface area contributed by atoms with Gasteiger partial charge in [0.05, 0.1) is 12.1 Å². The number of hydrogen-bond donors (Lipinski definition) is 2. The Labute approximate surface area is 109 Å². The maximum Gasteiger partial charge on any atom is 0.317 e. The molecule has 1 heterocycles. The number of hydrogen-bond acceptors (Lipinski definition) is 3. The van der Waals surface area contributed by atoms with Crippen molar-refractivity contribution >= 4 is 6.03 Å². The van der Waals surface area contributed by atoms with Crippen LogP contribution in [0.4, 0.5) is 4.79 Å². The number of rotatable bonds is 3. The lowest BCUT2D eigenvalue weighted by Gasteiger charge is -2.43. The van der Waals surface area contributed by atoms with E-state index < -0.39 is 0 Å². The summed E-state index contributed by atoms with van der Waals surface area (Å²) in [5, 5.41) is 3.04. The van der Waals surface area contributed by atoms with Crippen LogP contribution in [0.15, 0.2) is 0 Å². The molecule has 0 spiro atoms. The van der Waals surface area contributed by atoms with Gasteiger partial charge in [0.15, 0.2) is 0 Å². The van der Waals surface area contributed by atoms with Gasteiger partial charge in [-0.2, -0.15) is 0 Å². The molecule has 1 aliphatic heterocycles. The number of nitrogens with zero attached hydrogens (tertiary/aromatic N) is 1. The molecule has 3 atom stereocenters. The first-order chi connectivity index (χ1) is 8.72. The maximum absolute atomic E-state index is 12.2. The second-order valence-corrected chi connectivity index (χ2v) is 5.27. The van der Waals surface area contributed by atoms with Gasteiger partial charge in [0.1, 0.15) is 0 Å². The number of nitrogens with one attached hydrogen (secondary N) is 1. The summed E-state index contributed by atoms with van der Waals surface area (Å²) in [6.07, 6.45) is 5.63. The molecule has 0 bridgehead atoms. The molecular formula is C13H25N3O2. The van der Waals surface area contributed by atoms with Gasteiger partial charge in [0.25, 0.3) is 0 Å². The van der Waals surface area contributed by atoms with Gasteiger partial charge in [-0.25, -0.2) is 4.79 Å². The molecule has 18 heavy (non-hydrogen) atoms. The van der Waals surface area contributed by atoms with Crippen LogP contribution in [0.2, 0.25) is 0 Å². The van der Waals surface area contributed by atoms with Crippen LogP contribution in [0.1, 0.15) is 39.0 Å². The molecule has 1 saturated carbocycles. The molecule has 2 aliphatic rings. The van der Waals surface area contributed by atoms with E-state index in [1.54, 1.807) is 0 Å². The quantitative estimate of drug-likeness (QED) is 0.793. The van der Waals surface area contributed by atoms with E-state index in [9.17, 15) is 4.79 Å². The molecule has 0 aromatic heterocycles. The second kappa shape index (κ2) is 6.38. The largest absolute Gasteiger partial charge is 0.376 e. The third kappa shape index (κ3) is 3.14. The molecule has 0 aromatic carbocycles. The number of carbonyl (C=O) groups excluding carboxylic acids is 1. The predicted octanol–water partition coefficient (Wildman–Crippen LogP) is 1.08. The number of amides is 2. The minimum Gasteiger partial charge on any atom is -0.376 e. The zero-order chi connectivity index (χ0) is 13.0. The minimum atomic E-state index is -0.0132. The monoisotopic (exact) mass is 255 g/mol. The van der Waals surface area contributed by atoms with Crippen LogP contribution in [-0.2, 0) is 4.74 Å². The molecule has 0 aromatic rings. The van der Waals surface area contributed by atoms with Crippen LogP contribution < -0.4 is 11.1 Å². The van der Waals surface area contributed by atoms with Crippen molar-refractivity contribution < 1.29 is 9.53 Å². The van der Waals surface area contributed by atoms with Crippen LogP contribution in [0.25, 0.3) is 0 Å². The third-order valence-electron chi connectivity index (χ3n) is 3.93. The molecule has 2 rings (SSSR count). The lowest BCUT2D eigenvalue weighted by Crippen LogP contribution is -2.66.